The van der Waals surface area contributed by atoms with Crippen LogP contribution in [0.1, 0.15) is 44.8 Å². The van der Waals surface area contributed by atoms with Crippen LogP contribution in [0.3, 0.4) is 0 Å². The highest BCUT2D eigenvalue weighted by molar-refractivity contribution is 5.89. The molecule has 0 aliphatic heterocycles. The van der Waals surface area contributed by atoms with Crippen LogP contribution in [0.4, 0.5) is 10.5 Å². The lowest BCUT2D eigenvalue weighted by Gasteiger charge is -2.12. The Balaban J connectivity index is 1.76. The predicted molar refractivity (Wildman–Crippen MR) is 80.6 cm³/mol. The second-order valence-corrected chi connectivity index (χ2v) is 5.92. The van der Waals surface area contributed by atoms with Gasteiger partial charge < -0.3 is 15.7 Å². The quantitative estimate of drug-likeness (QED) is 0.790. The molecular weight excluding hydrogens is 252 g/mol. The molecule has 1 fully saturated rings. The Hall–Kier alpha value is -1.55. The van der Waals surface area contributed by atoms with Crippen molar-refractivity contribution >= 4 is 11.7 Å². The van der Waals surface area contributed by atoms with Gasteiger partial charge in [-0.1, -0.05) is 25.5 Å². The number of anilines is 1. The number of benzene rings is 1. The molecule has 0 saturated heterocycles. The van der Waals surface area contributed by atoms with E-state index in [2.05, 4.69) is 17.6 Å². The van der Waals surface area contributed by atoms with E-state index in [1.165, 1.54) is 19.3 Å². The van der Waals surface area contributed by atoms with Crippen LogP contribution in [0.5, 0.6) is 0 Å². The Kier molecular flexibility index (Phi) is 5.01. The molecule has 20 heavy (non-hydrogen) atoms. The van der Waals surface area contributed by atoms with Gasteiger partial charge in [0, 0.05) is 12.2 Å². The highest BCUT2D eigenvalue weighted by atomic mass is 16.3. The number of hydrogen-bond acceptors (Lipinski definition) is 2. The van der Waals surface area contributed by atoms with Crippen LogP contribution >= 0.6 is 0 Å². The van der Waals surface area contributed by atoms with Crippen molar-refractivity contribution in [1.82, 2.24) is 5.32 Å². The fourth-order valence-electron chi connectivity index (χ4n) is 2.77. The molecule has 2 amide bonds. The zero-order valence-electron chi connectivity index (χ0n) is 12.2. The van der Waals surface area contributed by atoms with Crippen molar-refractivity contribution in [3.8, 4) is 0 Å². The highest BCUT2D eigenvalue weighted by Crippen LogP contribution is 2.29. The second-order valence-electron chi connectivity index (χ2n) is 5.92. The molecule has 1 aromatic carbocycles. The number of hydrogen-bond donors (Lipinski definition) is 3. The smallest absolute Gasteiger partial charge is 0.319 e. The lowest BCUT2D eigenvalue weighted by atomic mass is 10.1. The van der Waals surface area contributed by atoms with Crippen molar-refractivity contribution in [3.05, 3.63) is 29.8 Å². The Bertz CT molecular complexity index is 442. The number of carbonyl (C=O) groups is 1. The molecule has 4 heteroatoms. The van der Waals surface area contributed by atoms with Gasteiger partial charge in [-0.2, -0.15) is 0 Å². The largest absolute Gasteiger partial charge is 0.389 e. The molecular formula is C16H24N2O2. The SMILES string of the molecule is CC1CCC(CNC(=O)Nc2ccc(C(C)O)cc2)C1. The number of aliphatic hydroxyl groups excluding tert-OH is 1. The maximum atomic E-state index is 11.8. The Morgan fingerprint density at radius 3 is 2.60 bits per heavy atom. The zero-order chi connectivity index (χ0) is 14.5. The fourth-order valence-corrected chi connectivity index (χ4v) is 2.77. The van der Waals surface area contributed by atoms with Gasteiger partial charge in [-0.05, 0) is 49.3 Å². The molecule has 4 nitrogen and oxygen atoms in total. The Morgan fingerprint density at radius 2 is 2.05 bits per heavy atom. The van der Waals surface area contributed by atoms with Gasteiger partial charge in [0.2, 0.25) is 0 Å². The molecule has 1 aliphatic rings. The van der Waals surface area contributed by atoms with E-state index in [4.69, 9.17) is 0 Å². The van der Waals surface area contributed by atoms with E-state index >= 15 is 0 Å². The van der Waals surface area contributed by atoms with Crippen LogP contribution < -0.4 is 10.6 Å². The zero-order valence-corrected chi connectivity index (χ0v) is 12.2. The molecule has 0 heterocycles. The molecule has 0 radical (unpaired) electrons. The molecule has 3 unspecified atom stereocenters. The maximum absolute atomic E-state index is 11.8. The standard InChI is InChI=1S/C16H24N2O2/c1-11-3-4-13(9-11)10-17-16(20)18-15-7-5-14(6-8-15)12(2)19/h5-8,11-13,19H,3-4,9-10H2,1-2H3,(H2,17,18,20). The molecule has 3 atom stereocenters. The monoisotopic (exact) mass is 276 g/mol. The van der Waals surface area contributed by atoms with Crippen LogP contribution in [0, 0.1) is 11.8 Å². The average Bonchev–Trinajstić information content (AvgIpc) is 2.83. The number of aliphatic hydroxyl groups is 1. The number of urea groups is 1. The van der Waals surface area contributed by atoms with Gasteiger partial charge >= 0.3 is 6.03 Å². The molecule has 1 aliphatic carbocycles. The first-order chi connectivity index (χ1) is 9.54. The summed E-state index contributed by atoms with van der Waals surface area (Å²) in [5.74, 6) is 1.41. The lowest BCUT2D eigenvalue weighted by Crippen LogP contribution is -2.32. The van der Waals surface area contributed by atoms with E-state index in [1.807, 2.05) is 12.1 Å². The summed E-state index contributed by atoms with van der Waals surface area (Å²) in [7, 11) is 0. The van der Waals surface area contributed by atoms with Crippen LogP contribution in [-0.4, -0.2) is 17.7 Å². The maximum Gasteiger partial charge on any atom is 0.319 e. The summed E-state index contributed by atoms with van der Waals surface area (Å²) < 4.78 is 0. The summed E-state index contributed by atoms with van der Waals surface area (Å²) in [6.07, 6.45) is 3.21. The van der Waals surface area contributed by atoms with Crippen LogP contribution in [0.25, 0.3) is 0 Å². The average molecular weight is 276 g/mol. The number of rotatable bonds is 4. The Labute approximate surface area is 120 Å². The van der Waals surface area contributed by atoms with Crippen molar-refractivity contribution in [2.75, 3.05) is 11.9 Å². The third-order valence-corrected chi connectivity index (χ3v) is 4.01. The van der Waals surface area contributed by atoms with Crippen molar-refractivity contribution in [2.45, 2.75) is 39.2 Å². The van der Waals surface area contributed by atoms with Gasteiger partial charge in [0.15, 0.2) is 0 Å². The van der Waals surface area contributed by atoms with Crippen LogP contribution in [0.2, 0.25) is 0 Å². The van der Waals surface area contributed by atoms with Crippen molar-refractivity contribution < 1.29 is 9.90 Å². The Morgan fingerprint density at radius 1 is 1.35 bits per heavy atom. The minimum Gasteiger partial charge on any atom is -0.389 e. The van der Waals surface area contributed by atoms with Crippen molar-refractivity contribution in [3.63, 3.8) is 0 Å². The minimum atomic E-state index is -0.484. The topological polar surface area (TPSA) is 61.4 Å². The normalized spacial score (nSPS) is 23.4. The predicted octanol–water partition coefficient (Wildman–Crippen LogP) is 3.30. The first-order valence-electron chi connectivity index (χ1n) is 7.37. The van der Waals surface area contributed by atoms with Gasteiger partial charge in [-0.3, -0.25) is 0 Å². The fraction of sp³-hybridized carbons (Fsp3) is 0.562. The van der Waals surface area contributed by atoms with Crippen molar-refractivity contribution in [2.24, 2.45) is 11.8 Å². The first kappa shape index (κ1) is 14.9. The summed E-state index contributed by atoms with van der Waals surface area (Å²) in [4.78, 5) is 11.8. The summed E-state index contributed by atoms with van der Waals surface area (Å²) >= 11 is 0. The van der Waals surface area contributed by atoms with E-state index in [-0.39, 0.29) is 6.03 Å². The van der Waals surface area contributed by atoms with Gasteiger partial charge in [0.25, 0.3) is 0 Å². The van der Waals surface area contributed by atoms with E-state index in [1.54, 1.807) is 19.1 Å². The minimum absolute atomic E-state index is 0.158. The molecule has 2 rings (SSSR count). The van der Waals surface area contributed by atoms with Gasteiger partial charge in [0.1, 0.15) is 0 Å². The summed E-state index contributed by atoms with van der Waals surface area (Å²) in [5, 5.41) is 15.2. The van der Waals surface area contributed by atoms with E-state index in [9.17, 15) is 9.90 Å². The molecule has 1 aromatic rings. The molecule has 0 aromatic heterocycles. The van der Waals surface area contributed by atoms with Crippen LogP contribution in [0.15, 0.2) is 24.3 Å². The molecule has 0 bridgehead atoms. The van der Waals surface area contributed by atoms with Gasteiger partial charge in [-0.15, -0.1) is 0 Å². The van der Waals surface area contributed by atoms with Gasteiger partial charge in [0.05, 0.1) is 6.10 Å². The third-order valence-electron chi connectivity index (χ3n) is 4.01. The first-order valence-corrected chi connectivity index (χ1v) is 7.37. The van der Waals surface area contributed by atoms with E-state index in [0.717, 1.165) is 23.7 Å². The molecule has 0 spiro atoms. The van der Waals surface area contributed by atoms with Gasteiger partial charge in [-0.25, -0.2) is 4.79 Å². The van der Waals surface area contributed by atoms with Crippen molar-refractivity contribution in [1.29, 1.82) is 0 Å². The van der Waals surface area contributed by atoms with E-state index in [0.29, 0.717) is 5.92 Å². The molecule has 3 N–H and O–H groups in total. The third kappa shape index (κ3) is 4.23. The van der Waals surface area contributed by atoms with Crippen LogP contribution in [-0.2, 0) is 0 Å². The number of amides is 2. The number of nitrogens with one attached hydrogen (secondary N) is 2. The summed E-state index contributed by atoms with van der Waals surface area (Å²) in [6.45, 7) is 4.74. The summed E-state index contributed by atoms with van der Waals surface area (Å²) in [6, 6.07) is 7.09. The lowest BCUT2D eigenvalue weighted by molar-refractivity contribution is 0.199. The number of carbonyl (C=O) groups excluding carboxylic acids is 1. The molecule has 1 saturated carbocycles. The highest BCUT2D eigenvalue weighted by Gasteiger charge is 2.21. The second kappa shape index (κ2) is 6.75. The molecule has 110 valence electrons. The van der Waals surface area contributed by atoms with E-state index < -0.39 is 6.10 Å². The summed E-state index contributed by atoms with van der Waals surface area (Å²) in [5.41, 5.74) is 1.59.